The van der Waals surface area contributed by atoms with E-state index in [0.29, 0.717) is 0 Å². The Morgan fingerprint density at radius 2 is 1.73 bits per heavy atom. The average Bonchev–Trinajstić information content (AvgIpc) is 3.08. The topological polar surface area (TPSA) is 87.4 Å². The molecular weight excluding hydrogens is 520 g/mol. The summed E-state index contributed by atoms with van der Waals surface area (Å²) in [6, 6.07) is 9.43. The van der Waals surface area contributed by atoms with Gasteiger partial charge in [-0.15, -0.1) is 0 Å². The van der Waals surface area contributed by atoms with Gasteiger partial charge in [-0.05, 0) is 36.4 Å². The zero-order valence-electron chi connectivity index (χ0n) is 19.1. The van der Waals surface area contributed by atoms with Gasteiger partial charge in [0.15, 0.2) is 5.82 Å². The van der Waals surface area contributed by atoms with E-state index in [9.17, 15) is 18.4 Å². The summed E-state index contributed by atoms with van der Waals surface area (Å²) in [5, 5.41) is 2.43. The van der Waals surface area contributed by atoms with Crippen LogP contribution in [0.15, 0.2) is 59.5 Å². The Morgan fingerprint density at radius 3 is 2.30 bits per heavy atom. The van der Waals surface area contributed by atoms with Gasteiger partial charge in [-0.2, -0.15) is 13.5 Å². The molecule has 0 saturated heterocycles. The number of methoxy groups -OCH3 is 1. The van der Waals surface area contributed by atoms with Crippen LogP contribution >= 0.6 is 11.6 Å². The van der Waals surface area contributed by atoms with Gasteiger partial charge in [-0.1, -0.05) is 11.6 Å². The molecule has 0 unspecified atom stereocenters. The fraction of sp³-hybridized carbons (Fsp3) is 0.125. The van der Waals surface area contributed by atoms with Crippen LogP contribution in [0.3, 0.4) is 0 Å². The molecule has 8 nitrogen and oxygen atoms in total. The molecule has 0 bridgehead atoms. The van der Waals surface area contributed by atoms with Crippen LogP contribution in [-0.2, 0) is 7.05 Å². The van der Waals surface area contributed by atoms with Gasteiger partial charge in [0, 0.05) is 30.9 Å². The van der Waals surface area contributed by atoms with Gasteiger partial charge in [0.25, 0.3) is 11.5 Å². The van der Waals surface area contributed by atoms with E-state index >= 15 is 8.78 Å². The zero-order chi connectivity index (χ0) is 26.9. The van der Waals surface area contributed by atoms with Crippen LogP contribution in [0.5, 0.6) is 11.5 Å². The molecule has 2 heterocycles. The quantitative estimate of drug-likeness (QED) is 0.335. The highest BCUT2D eigenvalue weighted by Gasteiger charge is 2.28. The minimum Gasteiger partial charge on any atom is -0.497 e. The minimum atomic E-state index is -3.06. The number of halogens is 5. The Morgan fingerprint density at radius 1 is 1.08 bits per heavy atom. The molecule has 0 fully saturated rings. The summed E-state index contributed by atoms with van der Waals surface area (Å²) in [4.78, 5) is 30.5. The largest absolute Gasteiger partial charge is 0.497 e. The summed E-state index contributed by atoms with van der Waals surface area (Å²) < 4.78 is 66.2. The number of anilines is 1. The molecule has 0 saturated carbocycles. The van der Waals surface area contributed by atoms with E-state index in [1.54, 1.807) is 0 Å². The smallest absolute Gasteiger partial charge is 0.387 e. The van der Waals surface area contributed by atoms with E-state index < -0.39 is 41.0 Å². The number of hydrogen-bond acceptors (Lipinski definition) is 5. The second-order valence-electron chi connectivity index (χ2n) is 7.50. The van der Waals surface area contributed by atoms with E-state index in [1.807, 2.05) is 0 Å². The highest BCUT2D eigenvalue weighted by Crippen LogP contribution is 2.34. The molecule has 4 rings (SSSR count). The van der Waals surface area contributed by atoms with E-state index in [1.165, 1.54) is 44.6 Å². The number of carbonyl (C=O) groups excluding carboxylic acids is 1. The predicted molar refractivity (Wildman–Crippen MR) is 127 cm³/mol. The van der Waals surface area contributed by atoms with Gasteiger partial charge in [-0.25, -0.2) is 13.8 Å². The van der Waals surface area contributed by atoms with E-state index in [0.717, 1.165) is 33.6 Å². The van der Waals surface area contributed by atoms with Gasteiger partial charge in [-0.3, -0.25) is 14.3 Å². The molecule has 37 heavy (non-hydrogen) atoms. The molecule has 4 aromatic rings. The van der Waals surface area contributed by atoms with Gasteiger partial charge >= 0.3 is 6.61 Å². The normalized spacial score (nSPS) is 11.0. The lowest BCUT2D eigenvalue weighted by atomic mass is 10.1. The number of amides is 1. The summed E-state index contributed by atoms with van der Waals surface area (Å²) >= 11 is 6.21. The highest BCUT2D eigenvalue weighted by molar-refractivity contribution is 6.32. The third-order valence-corrected chi connectivity index (χ3v) is 5.57. The maximum atomic E-state index is 15.1. The number of ether oxygens (including phenoxy) is 2. The van der Waals surface area contributed by atoms with Gasteiger partial charge in [0.05, 0.1) is 17.7 Å². The van der Waals surface area contributed by atoms with Crippen molar-refractivity contribution in [1.29, 1.82) is 0 Å². The van der Waals surface area contributed by atoms with Crippen molar-refractivity contribution in [1.82, 2.24) is 14.3 Å². The first-order chi connectivity index (χ1) is 17.6. The number of hydrogen-bond donors (Lipinski definition) is 1. The van der Waals surface area contributed by atoms with Crippen LogP contribution in [0.1, 0.15) is 10.4 Å². The molecule has 192 valence electrons. The zero-order valence-corrected chi connectivity index (χ0v) is 19.9. The summed E-state index contributed by atoms with van der Waals surface area (Å²) in [6.07, 6.45) is 1.36. The number of alkyl halides is 2. The molecule has 1 N–H and O–H groups in total. The number of carbonyl (C=O) groups is 1. The van der Waals surface area contributed by atoms with Crippen LogP contribution < -0.4 is 20.3 Å². The predicted octanol–water partition coefficient (Wildman–Crippen LogP) is 5.03. The minimum absolute atomic E-state index is 0.0473. The van der Waals surface area contributed by atoms with E-state index in [4.69, 9.17) is 16.3 Å². The molecule has 2 aromatic carbocycles. The van der Waals surface area contributed by atoms with Crippen LogP contribution in [0.2, 0.25) is 5.02 Å². The van der Waals surface area contributed by atoms with Crippen molar-refractivity contribution in [2.45, 2.75) is 6.61 Å². The van der Waals surface area contributed by atoms with Crippen molar-refractivity contribution < 1.29 is 31.8 Å². The molecule has 0 aliphatic heterocycles. The highest BCUT2D eigenvalue weighted by atomic mass is 35.5. The Balaban J connectivity index is 1.88. The Hall–Kier alpha value is -4.32. The number of rotatable bonds is 7. The van der Waals surface area contributed by atoms with Crippen LogP contribution in [0, 0.1) is 11.6 Å². The molecule has 0 aliphatic rings. The Kier molecular flexibility index (Phi) is 7.21. The first-order valence-electron chi connectivity index (χ1n) is 10.4. The van der Waals surface area contributed by atoms with Crippen LogP contribution in [0.25, 0.3) is 17.1 Å². The molecule has 1 amide bonds. The monoisotopic (exact) mass is 536 g/mol. The van der Waals surface area contributed by atoms with Gasteiger partial charge < -0.3 is 14.8 Å². The summed E-state index contributed by atoms with van der Waals surface area (Å²) in [5.41, 5.74) is -2.37. The Bertz CT molecular complexity index is 1510. The maximum absolute atomic E-state index is 15.1. The lowest BCUT2D eigenvalue weighted by molar-refractivity contribution is -0.0498. The molecule has 0 radical (unpaired) electrons. The third kappa shape index (κ3) is 5.00. The van der Waals surface area contributed by atoms with Gasteiger partial charge in [0.2, 0.25) is 0 Å². The number of benzene rings is 2. The number of nitrogens with zero attached hydrogens (tertiary/aromatic N) is 3. The second-order valence-corrected chi connectivity index (χ2v) is 7.90. The van der Waals surface area contributed by atoms with Crippen molar-refractivity contribution >= 4 is 23.2 Å². The molecule has 0 aliphatic carbocycles. The first-order valence-corrected chi connectivity index (χ1v) is 10.8. The summed E-state index contributed by atoms with van der Waals surface area (Å²) in [6.45, 7) is -3.06. The van der Waals surface area contributed by atoms with Gasteiger partial charge in [0.1, 0.15) is 34.5 Å². The lowest BCUT2D eigenvalue weighted by Gasteiger charge is -2.13. The molecule has 2 aromatic heterocycles. The van der Waals surface area contributed by atoms with E-state index in [-0.39, 0.29) is 33.6 Å². The fourth-order valence-corrected chi connectivity index (χ4v) is 3.85. The van der Waals surface area contributed by atoms with Crippen molar-refractivity contribution in [3.05, 3.63) is 87.3 Å². The van der Waals surface area contributed by atoms with E-state index in [2.05, 4.69) is 15.0 Å². The average molecular weight is 537 g/mol. The Labute approximate surface area is 211 Å². The number of aromatic nitrogens is 3. The molecule has 0 spiro atoms. The third-order valence-electron chi connectivity index (χ3n) is 5.27. The first kappa shape index (κ1) is 25.8. The van der Waals surface area contributed by atoms with Crippen molar-refractivity contribution in [3.8, 4) is 28.6 Å². The molecule has 0 atom stereocenters. The van der Waals surface area contributed by atoms with Crippen molar-refractivity contribution in [2.24, 2.45) is 7.05 Å². The van der Waals surface area contributed by atoms with Crippen molar-refractivity contribution in [2.75, 3.05) is 12.4 Å². The lowest BCUT2D eigenvalue weighted by Crippen LogP contribution is -2.24. The molecular formula is C24H17ClF4N4O4. The van der Waals surface area contributed by atoms with Crippen LogP contribution in [0.4, 0.5) is 23.2 Å². The fourth-order valence-electron chi connectivity index (χ4n) is 3.64. The SMILES string of the molecule is COc1cc(F)c(-c2c(NC(=O)c3ccc(OC(F)F)cc3)c(=O)n(-c3ncccc3Cl)n2C)c(F)c1. The summed E-state index contributed by atoms with van der Waals surface area (Å²) in [7, 11) is 2.56. The second kappa shape index (κ2) is 10.3. The number of nitrogens with one attached hydrogen (secondary N) is 1. The number of pyridine rings is 1. The maximum Gasteiger partial charge on any atom is 0.387 e. The standard InChI is InChI=1S/C24H17ClF4N4O4/c1-32-20(18-16(26)10-14(36-2)11-17(18)27)19(23(35)33(32)21-15(25)4-3-9-30-21)31-22(34)12-5-7-13(8-6-12)37-24(28)29/h3-11,24H,1-2H3,(H,31,34). The summed E-state index contributed by atoms with van der Waals surface area (Å²) in [5.74, 6) is -3.35. The molecule has 13 heteroatoms. The van der Waals surface area contributed by atoms with Crippen LogP contribution in [-0.4, -0.2) is 34.0 Å². The van der Waals surface area contributed by atoms with Crippen molar-refractivity contribution in [3.63, 3.8) is 0 Å².